The molecule has 0 saturated carbocycles. The number of carbonyl (C=O) groups excluding carboxylic acids is 2. The number of nitrogens with zero attached hydrogens (tertiary/aromatic N) is 4. The maximum Gasteiger partial charge on any atom is 0.413 e. The van der Waals surface area contributed by atoms with E-state index in [-0.39, 0.29) is 40.9 Å². The Kier molecular flexibility index (Phi) is 14.5. The number of carbonyl (C=O) groups is 2. The molecule has 10 rings (SSSR count). The third kappa shape index (κ3) is 10.2. The predicted molar refractivity (Wildman–Crippen MR) is 297 cm³/mol. The summed E-state index contributed by atoms with van der Waals surface area (Å²) in [6.45, 7) is 11.2. The lowest BCUT2D eigenvalue weighted by Gasteiger charge is -2.41. The number of rotatable bonds is 15. The lowest BCUT2D eigenvalue weighted by atomic mass is 9.76. The molecule has 2 aromatic heterocycles. The molecule has 0 unspecified atom stereocenters. The van der Waals surface area contributed by atoms with E-state index in [2.05, 4.69) is 121 Å². The molecule has 2 aliphatic rings. The molecule has 4 N–H and O–H groups in total. The number of alkyl carbamates (subject to hydrolysis) is 1. The van der Waals surface area contributed by atoms with E-state index in [1.165, 1.54) is 6.33 Å². The number of thiocarbonyl (C=S) groups is 1. The average Bonchev–Trinajstić information content (AvgIpc) is 4.11. The first-order valence-electron chi connectivity index (χ1n) is 25.1. The molecule has 382 valence electrons. The van der Waals surface area contributed by atoms with E-state index in [9.17, 15) is 9.59 Å². The molecule has 6 aromatic carbocycles. The van der Waals surface area contributed by atoms with Crippen LogP contribution in [0.5, 0.6) is 5.75 Å². The third-order valence-corrected chi connectivity index (χ3v) is 19.5. The molecule has 1 aliphatic carbocycles. The largest absolute Gasteiger partial charge is 0.497 e. The fourth-order valence-electron chi connectivity index (χ4n) is 10.0. The van der Waals surface area contributed by atoms with Gasteiger partial charge in [0, 0.05) is 18.0 Å². The van der Waals surface area contributed by atoms with E-state index in [4.69, 9.17) is 40.8 Å². The molecule has 4 atom stereocenters. The first-order valence-corrected chi connectivity index (χ1v) is 28.4. The van der Waals surface area contributed by atoms with Crippen LogP contribution in [0.25, 0.3) is 22.3 Å². The quantitative estimate of drug-likeness (QED) is 0.0437. The van der Waals surface area contributed by atoms with Gasteiger partial charge in [-0.15, -0.1) is 0 Å². The molecule has 2 amide bonds. The Hall–Kier alpha value is -7.60. The Morgan fingerprint density at radius 2 is 1.31 bits per heavy atom. The maximum atomic E-state index is 13.9. The number of hydrogen-bond acceptors (Lipinski definition) is 11. The van der Waals surface area contributed by atoms with E-state index in [1.807, 2.05) is 83.4 Å². The van der Waals surface area contributed by atoms with Gasteiger partial charge in [0.25, 0.3) is 5.91 Å². The smallest absolute Gasteiger partial charge is 0.413 e. The third-order valence-electron chi connectivity index (χ3n) is 14.8. The fourth-order valence-corrected chi connectivity index (χ4v) is 11.6. The molecular formula is C59H60N8O6SSi. The minimum Gasteiger partial charge on any atom is -0.497 e. The number of hydrogen-bond donors (Lipinski definition) is 4. The van der Waals surface area contributed by atoms with Crippen molar-refractivity contribution in [1.29, 1.82) is 0 Å². The monoisotopic (exact) mass is 1040 g/mol. The minimum absolute atomic E-state index is 0.0339. The number of methoxy groups -OCH3 is 1. The normalized spacial score (nSPS) is 17.5. The van der Waals surface area contributed by atoms with Crippen LogP contribution in [0.2, 0.25) is 18.1 Å². The zero-order valence-electron chi connectivity index (χ0n) is 42.7. The van der Waals surface area contributed by atoms with Crippen LogP contribution in [0.3, 0.4) is 0 Å². The molecule has 1 aliphatic heterocycles. The summed E-state index contributed by atoms with van der Waals surface area (Å²) in [7, 11) is -1.01. The summed E-state index contributed by atoms with van der Waals surface area (Å²) in [5.74, 6) is 0.477. The van der Waals surface area contributed by atoms with Gasteiger partial charge >= 0.3 is 6.09 Å². The van der Waals surface area contributed by atoms with E-state index >= 15 is 0 Å². The van der Waals surface area contributed by atoms with Crippen molar-refractivity contribution in [2.24, 2.45) is 0 Å². The topological polar surface area (TPSA) is 163 Å². The highest BCUT2D eigenvalue weighted by Crippen LogP contribution is 2.46. The van der Waals surface area contributed by atoms with Gasteiger partial charge in [0.1, 0.15) is 24.8 Å². The van der Waals surface area contributed by atoms with Crippen LogP contribution < -0.4 is 26.0 Å². The van der Waals surface area contributed by atoms with Crippen molar-refractivity contribution in [3.8, 4) is 16.9 Å². The second-order valence-electron chi connectivity index (χ2n) is 20.3. The van der Waals surface area contributed by atoms with Crippen LogP contribution in [-0.2, 0) is 19.4 Å². The number of imidazole rings is 1. The molecule has 3 heterocycles. The highest BCUT2D eigenvalue weighted by atomic mass is 32.1. The van der Waals surface area contributed by atoms with Crippen LogP contribution in [0.4, 0.5) is 10.6 Å². The Morgan fingerprint density at radius 3 is 1.91 bits per heavy atom. The van der Waals surface area contributed by atoms with Gasteiger partial charge < -0.3 is 29.3 Å². The van der Waals surface area contributed by atoms with Crippen LogP contribution >= 0.6 is 12.2 Å². The fraction of sp³-hybridized carbons (Fsp3) is 0.254. The van der Waals surface area contributed by atoms with Crippen molar-refractivity contribution in [1.82, 2.24) is 35.5 Å². The van der Waals surface area contributed by atoms with E-state index in [1.54, 1.807) is 37.7 Å². The van der Waals surface area contributed by atoms with E-state index in [0.29, 0.717) is 16.7 Å². The molecule has 0 radical (unpaired) electrons. The predicted octanol–water partition coefficient (Wildman–Crippen LogP) is 10.7. The van der Waals surface area contributed by atoms with Crippen LogP contribution in [0, 0.1) is 0 Å². The number of aromatic nitrogens is 4. The minimum atomic E-state index is -2.66. The summed E-state index contributed by atoms with van der Waals surface area (Å²) < 4.78 is 28.3. The number of amides is 2. The van der Waals surface area contributed by atoms with Crippen molar-refractivity contribution in [2.75, 3.05) is 25.6 Å². The molecule has 1 fully saturated rings. The van der Waals surface area contributed by atoms with Gasteiger partial charge in [-0.1, -0.05) is 160 Å². The molecule has 8 aromatic rings. The Morgan fingerprint density at radius 1 is 0.733 bits per heavy atom. The Bertz CT molecular complexity index is 3240. The summed E-state index contributed by atoms with van der Waals surface area (Å²) in [6.07, 6.45) is 0.0230. The van der Waals surface area contributed by atoms with Gasteiger partial charge in [-0.05, 0) is 93.6 Å². The number of benzene rings is 6. The highest BCUT2D eigenvalue weighted by Gasteiger charge is 2.52. The van der Waals surface area contributed by atoms with Crippen molar-refractivity contribution >= 4 is 54.6 Å². The molecule has 16 heteroatoms. The lowest BCUT2D eigenvalue weighted by molar-refractivity contribution is -0.0317. The second-order valence-corrected chi connectivity index (χ2v) is 25.5. The summed E-state index contributed by atoms with van der Waals surface area (Å²) in [6, 6.07) is 53.3. The first kappa shape index (κ1) is 50.9. The van der Waals surface area contributed by atoms with Gasteiger partial charge in [0.15, 0.2) is 36.6 Å². The van der Waals surface area contributed by atoms with Crippen LogP contribution in [0.1, 0.15) is 71.1 Å². The number of fused-ring (bicyclic) bond motifs is 4. The maximum absolute atomic E-state index is 13.9. The van der Waals surface area contributed by atoms with Crippen molar-refractivity contribution in [3.05, 3.63) is 210 Å². The summed E-state index contributed by atoms with van der Waals surface area (Å²) >= 11 is 6.05. The molecule has 1 saturated heterocycles. The first-order chi connectivity index (χ1) is 36.3. The number of anilines is 1. The van der Waals surface area contributed by atoms with Crippen molar-refractivity contribution < 1.29 is 28.2 Å². The highest BCUT2D eigenvalue weighted by molar-refractivity contribution is 7.80. The summed E-state index contributed by atoms with van der Waals surface area (Å²) in [5.41, 5.74) is 7.72. The second kappa shape index (κ2) is 21.3. The van der Waals surface area contributed by atoms with Gasteiger partial charge in [-0.3, -0.25) is 20.0 Å². The van der Waals surface area contributed by atoms with Crippen LogP contribution in [-0.4, -0.2) is 83.5 Å². The van der Waals surface area contributed by atoms with Crippen molar-refractivity contribution in [2.45, 2.75) is 74.8 Å². The molecule has 0 bridgehead atoms. The van der Waals surface area contributed by atoms with Gasteiger partial charge in [0.05, 0.1) is 31.1 Å². The van der Waals surface area contributed by atoms with Gasteiger partial charge in [-0.25, -0.2) is 19.7 Å². The lowest BCUT2D eigenvalue weighted by Crippen LogP contribution is -2.58. The Labute approximate surface area is 443 Å². The zero-order valence-corrected chi connectivity index (χ0v) is 44.5. The molecule has 14 nitrogen and oxygen atoms in total. The van der Waals surface area contributed by atoms with Gasteiger partial charge in [-0.2, -0.15) is 0 Å². The zero-order chi connectivity index (χ0) is 52.3. The number of nitrogens with one attached hydrogen (secondary N) is 4. The average molecular weight is 1040 g/mol. The Balaban J connectivity index is 1.02. The molecular weight excluding hydrogens is 977 g/mol. The van der Waals surface area contributed by atoms with Crippen molar-refractivity contribution in [3.63, 3.8) is 0 Å². The van der Waals surface area contributed by atoms with E-state index in [0.717, 1.165) is 44.7 Å². The number of ether oxygens (including phenoxy) is 3. The van der Waals surface area contributed by atoms with E-state index < -0.39 is 44.4 Å². The summed E-state index contributed by atoms with van der Waals surface area (Å²) in [4.78, 5) is 41.3. The molecule has 0 spiro atoms. The molecule has 75 heavy (non-hydrogen) atoms. The van der Waals surface area contributed by atoms with Gasteiger partial charge in [0.2, 0.25) is 0 Å². The summed E-state index contributed by atoms with van der Waals surface area (Å²) in [5, 5.41) is 13.1. The SMILES string of the molecule is COc1ccc(C(NC[C@H]2O[C@@H](n3cnc4c(NC(=O)c5ccccc5)ncnc43)[C@H](O[Si](C)(C)C(C)(C)C)[C@@H]2NC(=S)NC(=O)OCC2c3ccccc3-c3ccccc32)(c2ccccc2)c2ccccc2)cc1. The standard InChI is InChI=1S/C59H60N8O6SSi/c1-58(2,3)75(5,6)73-51-49(64-56(74)66-57(69)71-35-47-45-28-18-16-26-43(45)44-27-17-19-29-46(44)47)48(72-55(51)67-37-62-50-52(60-36-61-53(50)67)65-54(68)38-20-10-7-11-21-38)34-63-59(39-22-12-8-13-23-39,40-24-14-9-15-25-40)41-30-32-42(70-4)33-31-41/h7-33,36-37,47-49,51,55,63H,34-35H2,1-6H3,(H,60,61,65,68)(H2,64,66,69,74)/t48-,49-,51-,55-/m1/s1. The van der Waals surface area contributed by atoms with Crippen LogP contribution in [0.15, 0.2) is 176 Å².